The third kappa shape index (κ3) is 4.04. The number of anilines is 1. The largest absolute Gasteiger partial charge is 0.416 e. The molecule has 1 atom stereocenters. The molecule has 3 rings (SSSR count). The van der Waals surface area contributed by atoms with Crippen molar-refractivity contribution >= 4 is 40.1 Å². The highest BCUT2D eigenvalue weighted by atomic mass is 35.5. The van der Waals surface area contributed by atoms with E-state index in [4.69, 9.17) is 11.6 Å². The average Bonchev–Trinajstić information content (AvgIpc) is 3.02. The van der Waals surface area contributed by atoms with E-state index in [1.807, 2.05) is 6.92 Å². The highest BCUT2D eigenvalue weighted by Gasteiger charge is 2.33. The number of aliphatic imine (C=N–C) groups is 1. The van der Waals surface area contributed by atoms with Gasteiger partial charge in [-0.1, -0.05) is 29.4 Å². The van der Waals surface area contributed by atoms with Crippen LogP contribution in [-0.4, -0.2) is 22.9 Å². The van der Waals surface area contributed by atoms with E-state index in [0.29, 0.717) is 21.6 Å². The molecule has 26 heavy (non-hydrogen) atoms. The fourth-order valence-corrected chi connectivity index (χ4v) is 3.61. The quantitative estimate of drug-likeness (QED) is 0.669. The molecule has 136 valence electrons. The number of hydrogen-bond donors (Lipinski definition) is 0. The second kappa shape index (κ2) is 7.32. The van der Waals surface area contributed by atoms with Crippen molar-refractivity contribution in [3.05, 3.63) is 64.7 Å². The number of benzene rings is 2. The van der Waals surface area contributed by atoms with E-state index in [-0.39, 0.29) is 11.6 Å². The van der Waals surface area contributed by atoms with Crippen molar-refractivity contribution < 1.29 is 18.0 Å². The van der Waals surface area contributed by atoms with E-state index in [9.17, 15) is 18.0 Å². The van der Waals surface area contributed by atoms with Crippen LogP contribution in [0.3, 0.4) is 0 Å². The molecule has 1 unspecified atom stereocenters. The summed E-state index contributed by atoms with van der Waals surface area (Å²) in [7, 11) is 0. The van der Waals surface area contributed by atoms with Crippen LogP contribution in [0.1, 0.15) is 22.8 Å². The van der Waals surface area contributed by atoms with Gasteiger partial charge in [0.2, 0.25) is 0 Å². The van der Waals surface area contributed by atoms with Gasteiger partial charge in [-0.05, 0) is 49.4 Å². The summed E-state index contributed by atoms with van der Waals surface area (Å²) in [6, 6.07) is 10.9. The molecule has 8 heteroatoms. The zero-order valence-corrected chi connectivity index (χ0v) is 15.2. The monoisotopic (exact) mass is 398 g/mol. The molecule has 0 bridgehead atoms. The number of carbonyl (C=O) groups is 1. The minimum atomic E-state index is -4.52. The van der Waals surface area contributed by atoms with Gasteiger partial charge in [-0.2, -0.15) is 13.2 Å². The van der Waals surface area contributed by atoms with Gasteiger partial charge in [0.1, 0.15) is 0 Å². The maximum atomic E-state index is 13.0. The molecule has 3 nitrogen and oxygen atoms in total. The Morgan fingerprint density at radius 3 is 2.50 bits per heavy atom. The predicted octanol–water partition coefficient (Wildman–Crippen LogP) is 5.50. The van der Waals surface area contributed by atoms with E-state index in [1.54, 1.807) is 24.3 Å². The number of carbonyl (C=O) groups excluding carboxylic acids is 1. The van der Waals surface area contributed by atoms with E-state index in [1.165, 1.54) is 28.8 Å². The third-order valence-electron chi connectivity index (χ3n) is 3.70. The summed E-state index contributed by atoms with van der Waals surface area (Å²) in [5, 5.41) is 0.955. The van der Waals surface area contributed by atoms with Crippen molar-refractivity contribution in [3.63, 3.8) is 0 Å². The first-order chi connectivity index (χ1) is 12.3. The lowest BCUT2D eigenvalue weighted by atomic mass is 10.1. The smallest absolute Gasteiger partial charge is 0.268 e. The Kier molecular flexibility index (Phi) is 5.29. The second-order valence-corrected chi connectivity index (χ2v) is 7.19. The molecule has 0 radical (unpaired) electrons. The summed E-state index contributed by atoms with van der Waals surface area (Å²) in [5.74, 6) is 0.133. The highest BCUT2D eigenvalue weighted by molar-refractivity contribution is 8.14. The van der Waals surface area contributed by atoms with Crippen LogP contribution in [0.4, 0.5) is 18.9 Å². The van der Waals surface area contributed by atoms with Crippen molar-refractivity contribution in [2.75, 3.05) is 10.7 Å². The van der Waals surface area contributed by atoms with Crippen LogP contribution in [0.2, 0.25) is 5.02 Å². The van der Waals surface area contributed by atoms with Crippen molar-refractivity contribution in [1.29, 1.82) is 0 Å². The molecule has 1 amide bonds. The summed E-state index contributed by atoms with van der Waals surface area (Å²) in [6.07, 6.45) is -4.52. The summed E-state index contributed by atoms with van der Waals surface area (Å²) >= 11 is 7.29. The van der Waals surface area contributed by atoms with Gasteiger partial charge in [0, 0.05) is 16.3 Å². The summed E-state index contributed by atoms with van der Waals surface area (Å²) < 4.78 is 39.0. The van der Waals surface area contributed by atoms with Crippen LogP contribution in [0.5, 0.6) is 0 Å². The molecule has 0 fully saturated rings. The van der Waals surface area contributed by atoms with Gasteiger partial charge in [0.15, 0.2) is 5.17 Å². The Labute approximate surface area is 157 Å². The van der Waals surface area contributed by atoms with Gasteiger partial charge in [-0.15, -0.1) is 0 Å². The van der Waals surface area contributed by atoms with Gasteiger partial charge in [-0.25, -0.2) is 0 Å². The van der Waals surface area contributed by atoms with E-state index in [2.05, 4.69) is 4.99 Å². The fraction of sp³-hybridized carbons (Fsp3) is 0.222. The summed E-state index contributed by atoms with van der Waals surface area (Å²) in [6.45, 7) is 1.91. The lowest BCUT2D eigenvalue weighted by molar-refractivity contribution is -0.137. The minimum Gasteiger partial charge on any atom is -0.268 e. The van der Waals surface area contributed by atoms with Gasteiger partial charge >= 0.3 is 6.18 Å². The normalized spacial score (nSPS) is 17.1. The second-order valence-electron chi connectivity index (χ2n) is 5.77. The van der Waals surface area contributed by atoms with Crippen LogP contribution in [0.25, 0.3) is 0 Å². The molecule has 0 aliphatic carbocycles. The van der Waals surface area contributed by atoms with E-state index >= 15 is 0 Å². The molecule has 1 heterocycles. The molecular formula is C18H14ClF3N2OS. The van der Waals surface area contributed by atoms with E-state index < -0.39 is 17.6 Å². The first kappa shape index (κ1) is 18.8. The number of amidine groups is 1. The molecule has 0 aromatic heterocycles. The first-order valence-corrected chi connectivity index (χ1v) is 9.10. The molecule has 0 spiro atoms. The number of amides is 1. The molecule has 0 saturated carbocycles. The standard InChI is InChI=1S/C18H14ClF3N2OS/c1-11-10-26-17(23-11)24(15-7-5-14(19)6-8-15)16(25)12-3-2-4-13(9-12)18(20,21)22/h2-9,11H,10H2,1H3. The Morgan fingerprint density at radius 1 is 1.23 bits per heavy atom. The van der Waals surface area contributed by atoms with Crippen molar-refractivity contribution in [2.45, 2.75) is 19.1 Å². The molecule has 0 N–H and O–H groups in total. The zero-order valence-electron chi connectivity index (χ0n) is 13.6. The van der Waals surface area contributed by atoms with Gasteiger partial charge in [-0.3, -0.25) is 14.7 Å². The highest BCUT2D eigenvalue weighted by Crippen LogP contribution is 2.32. The number of alkyl halides is 3. The Bertz CT molecular complexity index is 852. The van der Waals surface area contributed by atoms with Crippen molar-refractivity contribution in [3.8, 4) is 0 Å². The first-order valence-electron chi connectivity index (χ1n) is 7.73. The number of nitrogens with zero attached hydrogens (tertiary/aromatic N) is 2. The van der Waals surface area contributed by atoms with Crippen LogP contribution < -0.4 is 4.90 Å². The minimum absolute atomic E-state index is 0.0270. The maximum Gasteiger partial charge on any atom is 0.416 e. The van der Waals surface area contributed by atoms with Crippen molar-refractivity contribution in [1.82, 2.24) is 0 Å². The number of rotatable bonds is 2. The summed E-state index contributed by atoms with van der Waals surface area (Å²) in [4.78, 5) is 18.8. The Balaban J connectivity index is 2.03. The molecule has 0 saturated heterocycles. The summed E-state index contributed by atoms with van der Waals surface area (Å²) in [5.41, 5.74) is -0.427. The van der Waals surface area contributed by atoms with Crippen LogP contribution in [0.15, 0.2) is 53.5 Å². The fourth-order valence-electron chi connectivity index (χ4n) is 2.44. The number of thioether (sulfide) groups is 1. The topological polar surface area (TPSA) is 32.7 Å². The van der Waals surface area contributed by atoms with Crippen molar-refractivity contribution in [2.24, 2.45) is 4.99 Å². The van der Waals surface area contributed by atoms with Gasteiger partial charge < -0.3 is 0 Å². The Hall–Kier alpha value is -1.99. The lowest BCUT2D eigenvalue weighted by Crippen LogP contribution is -2.34. The molecule has 1 aliphatic rings. The Morgan fingerprint density at radius 2 is 1.92 bits per heavy atom. The third-order valence-corrected chi connectivity index (χ3v) is 5.15. The average molecular weight is 399 g/mol. The maximum absolute atomic E-state index is 13.0. The van der Waals surface area contributed by atoms with E-state index in [0.717, 1.165) is 12.1 Å². The molecule has 2 aromatic carbocycles. The zero-order chi connectivity index (χ0) is 18.9. The van der Waals surface area contributed by atoms with Crippen LogP contribution in [0, 0.1) is 0 Å². The number of halogens is 4. The molecular weight excluding hydrogens is 385 g/mol. The molecule has 1 aliphatic heterocycles. The lowest BCUT2D eigenvalue weighted by Gasteiger charge is -2.22. The van der Waals surface area contributed by atoms with Crippen LogP contribution >= 0.6 is 23.4 Å². The van der Waals surface area contributed by atoms with Gasteiger partial charge in [0.25, 0.3) is 5.91 Å². The number of hydrogen-bond acceptors (Lipinski definition) is 3. The SMILES string of the molecule is CC1CSC(N(C(=O)c2cccc(C(F)(F)F)c2)c2ccc(Cl)cc2)=N1. The van der Waals surface area contributed by atoms with Gasteiger partial charge in [0.05, 0.1) is 17.3 Å². The predicted molar refractivity (Wildman–Crippen MR) is 99.1 cm³/mol. The molecule has 2 aromatic rings. The van der Waals surface area contributed by atoms with Crippen LogP contribution in [-0.2, 0) is 6.18 Å².